The van der Waals surface area contributed by atoms with Gasteiger partial charge < -0.3 is 5.11 Å². The van der Waals surface area contributed by atoms with Crippen LogP contribution in [0.15, 0.2) is 29.4 Å². The van der Waals surface area contributed by atoms with E-state index in [4.69, 9.17) is 0 Å². The number of hydrogen-bond donors (Lipinski definition) is 2. The number of amides is 1. The highest BCUT2D eigenvalue weighted by Crippen LogP contribution is 2.30. The van der Waals surface area contributed by atoms with Crippen LogP contribution in [0.2, 0.25) is 0 Å². The minimum Gasteiger partial charge on any atom is -0.502 e. The number of nitrogens with one attached hydrogen (secondary N) is 1. The van der Waals surface area contributed by atoms with Gasteiger partial charge in [-0.3, -0.25) is 14.9 Å². The Balaban J connectivity index is 1.67. The third-order valence-electron chi connectivity index (χ3n) is 3.55. The van der Waals surface area contributed by atoms with Crippen molar-refractivity contribution >= 4 is 29.1 Å². The zero-order valence-corrected chi connectivity index (χ0v) is 12.8. The van der Waals surface area contributed by atoms with Gasteiger partial charge in [0.2, 0.25) is 0 Å². The number of phenols is 1. The standard InChI is InChI=1S/C15H13N3O4S/c19-12-5-4-9(6-11(12)18(21)22)8-16-17-15(20)14-7-10-2-1-3-13(10)23-14/h4-8,19H,1-3H2,(H,17,20)/b16-8+. The zero-order chi connectivity index (χ0) is 16.4. The van der Waals surface area contributed by atoms with E-state index < -0.39 is 16.4 Å². The molecular formula is C15H13N3O4S. The van der Waals surface area contributed by atoms with Crippen LogP contribution in [-0.4, -0.2) is 22.2 Å². The Hall–Kier alpha value is -2.74. The van der Waals surface area contributed by atoms with Crippen molar-refractivity contribution in [2.45, 2.75) is 19.3 Å². The van der Waals surface area contributed by atoms with Crippen LogP contribution in [-0.2, 0) is 12.8 Å². The third kappa shape index (κ3) is 3.21. The third-order valence-corrected chi connectivity index (χ3v) is 4.78. The predicted octanol–water partition coefficient (Wildman–Crippen LogP) is 2.61. The average molecular weight is 331 g/mol. The molecule has 1 aliphatic carbocycles. The topological polar surface area (TPSA) is 105 Å². The van der Waals surface area contributed by atoms with Gasteiger partial charge in [0, 0.05) is 16.5 Å². The molecule has 2 aromatic rings. The second-order valence-electron chi connectivity index (χ2n) is 5.12. The molecule has 23 heavy (non-hydrogen) atoms. The van der Waals surface area contributed by atoms with E-state index in [9.17, 15) is 20.0 Å². The molecule has 8 heteroatoms. The number of carbonyl (C=O) groups is 1. The number of phenolic OH excluding ortho intramolecular Hbond substituents is 1. The van der Waals surface area contributed by atoms with E-state index in [0.29, 0.717) is 10.4 Å². The molecular weight excluding hydrogens is 318 g/mol. The van der Waals surface area contributed by atoms with Gasteiger partial charge in [-0.1, -0.05) is 0 Å². The summed E-state index contributed by atoms with van der Waals surface area (Å²) < 4.78 is 0. The summed E-state index contributed by atoms with van der Waals surface area (Å²) in [5.41, 5.74) is 3.64. The van der Waals surface area contributed by atoms with Gasteiger partial charge >= 0.3 is 5.69 Å². The van der Waals surface area contributed by atoms with E-state index in [1.54, 1.807) is 0 Å². The monoisotopic (exact) mass is 331 g/mol. The molecule has 0 saturated carbocycles. The Morgan fingerprint density at radius 2 is 2.22 bits per heavy atom. The summed E-state index contributed by atoms with van der Waals surface area (Å²) in [5, 5.41) is 23.9. The molecule has 0 unspecified atom stereocenters. The number of nitrogens with zero attached hydrogens (tertiary/aromatic N) is 2. The van der Waals surface area contributed by atoms with Gasteiger partial charge in [-0.15, -0.1) is 11.3 Å². The quantitative estimate of drug-likeness (QED) is 0.510. The van der Waals surface area contributed by atoms with Gasteiger partial charge in [0.15, 0.2) is 5.75 Å². The number of hydrazone groups is 1. The molecule has 0 atom stereocenters. The molecule has 0 fully saturated rings. The molecule has 3 rings (SSSR count). The Labute approximate surface area is 135 Å². The highest BCUT2D eigenvalue weighted by Gasteiger charge is 2.18. The van der Waals surface area contributed by atoms with Crippen molar-refractivity contribution in [3.63, 3.8) is 0 Å². The van der Waals surface area contributed by atoms with Crippen LogP contribution in [0.1, 0.15) is 32.1 Å². The number of nitro benzene ring substituents is 1. The first-order chi connectivity index (χ1) is 11.0. The molecule has 1 aliphatic rings. The number of aromatic hydroxyl groups is 1. The first-order valence-corrected chi connectivity index (χ1v) is 7.78. The summed E-state index contributed by atoms with van der Waals surface area (Å²) in [7, 11) is 0. The van der Waals surface area contributed by atoms with E-state index in [-0.39, 0.29) is 5.91 Å². The molecule has 1 heterocycles. The molecule has 0 radical (unpaired) electrons. The lowest BCUT2D eigenvalue weighted by Gasteiger charge is -1.98. The number of aryl methyl sites for hydroxylation is 2. The van der Waals surface area contributed by atoms with Crippen LogP contribution in [0.5, 0.6) is 5.75 Å². The highest BCUT2D eigenvalue weighted by atomic mass is 32.1. The Bertz CT molecular complexity index is 792. The molecule has 1 aromatic carbocycles. The number of benzene rings is 1. The fourth-order valence-corrected chi connectivity index (χ4v) is 3.57. The smallest absolute Gasteiger partial charge is 0.311 e. The SMILES string of the molecule is O=C(N/N=C/c1ccc(O)c([N+](=O)[O-])c1)c1cc2c(s1)CCC2. The van der Waals surface area contributed by atoms with E-state index in [1.165, 1.54) is 46.2 Å². The van der Waals surface area contributed by atoms with E-state index >= 15 is 0 Å². The van der Waals surface area contributed by atoms with E-state index in [2.05, 4.69) is 10.5 Å². The summed E-state index contributed by atoms with van der Waals surface area (Å²) in [4.78, 5) is 23.9. The number of nitro groups is 1. The zero-order valence-electron chi connectivity index (χ0n) is 12.0. The van der Waals surface area contributed by atoms with Crippen LogP contribution >= 0.6 is 11.3 Å². The van der Waals surface area contributed by atoms with Crippen molar-refractivity contribution in [1.29, 1.82) is 0 Å². The van der Waals surface area contributed by atoms with Gasteiger partial charge in [0.1, 0.15) is 0 Å². The van der Waals surface area contributed by atoms with Crippen LogP contribution < -0.4 is 5.43 Å². The maximum Gasteiger partial charge on any atom is 0.311 e. The molecule has 118 valence electrons. The molecule has 7 nitrogen and oxygen atoms in total. The first kappa shape index (κ1) is 15.2. The van der Waals surface area contributed by atoms with Crippen molar-refractivity contribution in [2.24, 2.45) is 5.10 Å². The number of fused-ring (bicyclic) bond motifs is 1. The van der Waals surface area contributed by atoms with Crippen molar-refractivity contribution < 1.29 is 14.8 Å². The Morgan fingerprint density at radius 3 is 2.96 bits per heavy atom. The lowest BCUT2D eigenvalue weighted by Crippen LogP contribution is -2.16. The van der Waals surface area contributed by atoms with Gasteiger partial charge in [-0.25, -0.2) is 5.43 Å². The summed E-state index contributed by atoms with van der Waals surface area (Å²) in [5.74, 6) is -0.710. The summed E-state index contributed by atoms with van der Waals surface area (Å²) in [6.07, 6.45) is 4.47. The molecule has 1 aromatic heterocycles. The minimum atomic E-state index is -0.682. The number of carbonyl (C=O) groups excluding carboxylic acids is 1. The molecule has 2 N–H and O–H groups in total. The lowest BCUT2D eigenvalue weighted by molar-refractivity contribution is -0.385. The van der Waals surface area contributed by atoms with Gasteiger partial charge in [0.25, 0.3) is 5.91 Å². The predicted molar refractivity (Wildman–Crippen MR) is 86.2 cm³/mol. The van der Waals surface area contributed by atoms with Crippen LogP contribution in [0.25, 0.3) is 0 Å². The minimum absolute atomic E-state index is 0.297. The van der Waals surface area contributed by atoms with Gasteiger partial charge in [-0.2, -0.15) is 5.10 Å². The van der Waals surface area contributed by atoms with Crippen molar-refractivity contribution in [2.75, 3.05) is 0 Å². The first-order valence-electron chi connectivity index (χ1n) is 6.97. The molecule has 0 aliphatic heterocycles. The maximum atomic E-state index is 12.0. The van der Waals surface area contributed by atoms with Crippen molar-refractivity contribution in [3.8, 4) is 5.75 Å². The average Bonchev–Trinajstić information content (AvgIpc) is 3.09. The second kappa shape index (κ2) is 6.17. The number of hydrogen-bond acceptors (Lipinski definition) is 6. The second-order valence-corrected chi connectivity index (χ2v) is 6.25. The van der Waals surface area contributed by atoms with Crippen LogP contribution in [0.4, 0.5) is 5.69 Å². The summed E-state index contributed by atoms with van der Waals surface area (Å²) in [6.45, 7) is 0. The lowest BCUT2D eigenvalue weighted by atomic mass is 10.2. The molecule has 1 amide bonds. The van der Waals surface area contributed by atoms with Crippen LogP contribution in [0, 0.1) is 10.1 Å². The number of rotatable bonds is 4. The summed E-state index contributed by atoms with van der Waals surface area (Å²) >= 11 is 1.48. The van der Waals surface area contributed by atoms with Crippen molar-refractivity contribution in [1.82, 2.24) is 5.43 Å². The van der Waals surface area contributed by atoms with Gasteiger partial charge in [0.05, 0.1) is 16.0 Å². The van der Waals surface area contributed by atoms with Crippen LogP contribution in [0.3, 0.4) is 0 Å². The summed E-state index contributed by atoms with van der Waals surface area (Å²) in [6, 6.07) is 5.76. The molecule has 0 spiro atoms. The molecule has 0 bridgehead atoms. The highest BCUT2D eigenvalue weighted by molar-refractivity contribution is 7.14. The normalized spacial score (nSPS) is 13.2. The fourth-order valence-electron chi connectivity index (χ4n) is 2.43. The van der Waals surface area contributed by atoms with Gasteiger partial charge in [-0.05, 0) is 43.0 Å². The number of thiophene rings is 1. The van der Waals surface area contributed by atoms with E-state index in [1.807, 2.05) is 6.07 Å². The maximum absolute atomic E-state index is 12.0. The Morgan fingerprint density at radius 1 is 1.39 bits per heavy atom. The van der Waals surface area contributed by atoms with Crippen molar-refractivity contribution in [3.05, 3.63) is 55.3 Å². The molecule has 0 saturated heterocycles. The van der Waals surface area contributed by atoms with E-state index in [0.717, 1.165) is 19.3 Å². The Kier molecular flexibility index (Phi) is 4.07. The fraction of sp³-hybridized carbons (Fsp3) is 0.200. The largest absolute Gasteiger partial charge is 0.502 e.